The Kier molecular flexibility index (Phi) is 5.49. The van der Waals surface area contributed by atoms with Crippen LogP contribution in [-0.4, -0.2) is 45.6 Å². The van der Waals surface area contributed by atoms with E-state index in [0.717, 1.165) is 0 Å². The number of ether oxygens (including phenoxy) is 1. The Morgan fingerprint density at radius 1 is 1.20 bits per heavy atom. The van der Waals surface area contributed by atoms with Gasteiger partial charge in [0.15, 0.2) is 0 Å². The third kappa shape index (κ3) is 57.0. The van der Waals surface area contributed by atoms with Crippen LogP contribution in [0, 0.1) is 0 Å². The summed E-state index contributed by atoms with van der Waals surface area (Å²) in [5, 5.41) is 2.68. The quantitative estimate of drug-likeness (QED) is 0.479. The zero-order valence-corrected chi connectivity index (χ0v) is 10.5. The summed E-state index contributed by atoms with van der Waals surface area (Å²) in [4.78, 5) is 10.4. The van der Waals surface area contributed by atoms with E-state index in [1.54, 1.807) is 14.0 Å². The van der Waals surface area contributed by atoms with Gasteiger partial charge in [0, 0.05) is 0 Å². The van der Waals surface area contributed by atoms with Crippen molar-refractivity contribution >= 4 is 25.4 Å². The molecule has 0 unspecified atom stereocenters. The van der Waals surface area contributed by atoms with Gasteiger partial charge in [-0.1, -0.05) is 0 Å². The molecule has 1 N–H and O–H groups in total. The number of likely N-dealkylation sites (N-methyl/N-ethyl adjacent to an activating group) is 1. The van der Waals surface area contributed by atoms with Crippen molar-refractivity contribution in [1.29, 1.82) is 0 Å². The molecule has 0 fully saturated rings. The number of carbonyl (C=O) groups is 1. The number of carbonyl (C=O) groups excluding carboxylic acids is 1. The van der Waals surface area contributed by atoms with E-state index in [-0.39, 0.29) is 5.97 Å². The maximum absolute atomic E-state index is 11.2. The van der Waals surface area contributed by atoms with Crippen LogP contribution in [0.2, 0.25) is 0 Å². The molecule has 0 aliphatic carbocycles. The van der Waals surface area contributed by atoms with Crippen molar-refractivity contribution in [1.82, 2.24) is 5.32 Å². The van der Waals surface area contributed by atoms with Gasteiger partial charge in [-0.2, -0.15) is 0 Å². The Bertz CT molecular complexity index is 191. The molecule has 0 radical (unpaired) electrons. The van der Waals surface area contributed by atoms with E-state index in [1.807, 2.05) is 0 Å². The number of nitrogens with one attached hydrogen (secondary N) is 1. The normalized spacial score (nSPS) is 15.5. The fourth-order valence-electron chi connectivity index (χ4n) is 0.356. The summed E-state index contributed by atoms with van der Waals surface area (Å²) < 4.78 is 64.1. The second-order valence-electron chi connectivity index (χ2n) is 2.29. The fourth-order valence-corrected chi connectivity index (χ4v) is 0.356. The van der Waals surface area contributed by atoms with Crippen LogP contribution in [0.15, 0.2) is 0 Å². The van der Waals surface area contributed by atoms with E-state index < -0.39 is 19.5 Å². The van der Waals surface area contributed by atoms with Gasteiger partial charge >= 0.3 is 42.3 Å². The number of hydrogen-bond acceptors (Lipinski definition) is 3. The SMILES string of the molecule is CCOC(=O)CNC.[F][Sb-]([F])([F])([F])([F])[F]. The van der Waals surface area contributed by atoms with Gasteiger partial charge in [0.1, 0.15) is 0 Å². The molecule has 0 spiro atoms. The van der Waals surface area contributed by atoms with Gasteiger partial charge in [0.2, 0.25) is 0 Å². The van der Waals surface area contributed by atoms with Crippen molar-refractivity contribution in [3.05, 3.63) is 0 Å². The molecule has 3 nitrogen and oxygen atoms in total. The van der Waals surface area contributed by atoms with Crippen molar-refractivity contribution < 1.29 is 26.4 Å². The molecule has 15 heavy (non-hydrogen) atoms. The van der Waals surface area contributed by atoms with Crippen molar-refractivity contribution in [2.45, 2.75) is 6.92 Å². The number of hydrogen-bond donors (Lipinski definition) is 1. The summed E-state index contributed by atoms with van der Waals surface area (Å²) in [7, 11) is 1.71. The van der Waals surface area contributed by atoms with Gasteiger partial charge in [0.25, 0.3) is 0 Å². The summed E-state index contributed by atoms with van der Waals surface area (Å²) in [6.07, 6.45) is 0. The van der Waals surface area contributed by atoms with Crippen LogP contribution in [0.4, 0.5) is 16.9 Å². The van der Waals surface area contributed by atoms with Crippen molar-refractivity contribution in [2.24, 2.45) is 0 Å². The summed E-state index contributed by atoms with van der Waals surface area (Å²) in [5.41, 5.74) is 0. The van der Waals surface area contributed by atoms with Crippen molar-refractivity contribution in [3.8, 4) is 0 Å². The molecule has 0 aliphatic rings. The second-order valence-corrected chi connectivity index (χ2v) is 7.76. The first kappa shape index (κ1) is 17.2. The predicted molar refractivity (Wildman–Crippen MR) is 43.0 cm³/mol. The first-order valence-corrected chi connectivity index (χ1v) is 9.41. The van der Waals surface area contributed by atoms with Gasteiger partial charge < -0.3 is 10.1 Å². The fraction of sp³-hybridized carbons (Fsp3) is 0.800. The Morgan fingerprint density at radius 2 is 1.53 bits per heavy atom. The molecule has 0 aromatic heterocycles. The van der Waals surface area contributed by atoms with Crippen molar-refractivity contribution in [3.63, 3.8) is 0 Å². The molecule has 0 saturated heterocycles. The van der Waals surface area contributed by atoms with Crippen LogP contribution < -0.4 is 5.32 Å². The third-order valence-electron chi connectivity index (χ3n) is 0.626. The first-order chi connectivity index (χ1) is 6.26. The van der Waals surface area contributed by atoms with E-state index in [1.165, 1.54) is 0 Å². The average molecular weight is 353 g/mol. The van der Waals surface area contributed by atoms with Gasteiger partial charge in [-0.05, 0) is 14.0 Å². The average Bonchev–Trinajstić information content (AvgIpc) is 1.80. The molecule has 0 bridgehead atoms. The maximum atomic E-state index is 10.4. The minimum atomic E-state index is -11.2. The standard InChI is InChI=1S/C5H11NO2.6FH.Sb/c1-3-8-5(7)4-6-2;;;;;;;/h6H,3-4H2,1-2H3;6*1H;/q;;;;;;;+5/p-6. The Hall–Kier alpha value is -0.172. The van der Waals surface area contributed by atoms with Gasteiger partial charge in [0.05, 0.1) is 13.2 Å². The molecular weight excluding hydrogens is 342 g/mol. The molecular formula is C5H11F6NO2Sb-. The molecule has 0 atom stereocenters. The number of rotatable bonds is 3. The Morgan fingerprint density at radius 3 is 1.73 bits per heavy atom. The van der Waals surface area contributed by atoms with Crippen LogP contribution >= 0.6 is 0 Å². The predicted octanol–water partition coefficient (Wildman–Crippen LogP) is 1.91. The summed E-state index contributed by atoms with van der Waals surface area (Å²) in [5.74, 6) is -0.199. The molecule has 0 rings (SSSR count). The van der Waals surface area contributed by atoms with Crippen LogP contribution in [0.1, 0.15) is 6.92 Å². The topological polar surface area (TPSA) is 38.3 Å². The zero-order chi connectivity index (χ0) is 12.8. The molecule has 0 saturated carbocycles. The molecule has 0 aliphatic heterocycles. The van der Waals surface area contributed by atoms with E-state index >= 15 is 0 Å². The van der Waals surface area contributed by atoms with E-state index in [9.17, 15) is 21.7 Å². The summed E-state index contributed by atoms with van der Waals surface area (Å²) >= 11 is -11.2. The number of halogens is 6. The van der Waals surface area contributed by atoms with E-state index in [0.29, 0.717) is 13.2 Å². The van der Waals surface area contributed by atoms with Crippen LogP contribution in [-0.2, 0) is 9.53 Å². The molecule has 10 heteroatoms. The monoisotopic (exact) mass is 352 g/mol. The summed E-state index contributed by atoms with van der Waals surface area (Å²) in [6.45, 7) is 2.54. The van der Waals surface area contributed by atoms with Crippen LogP contribution in [0.3, 0.4) is 0 Å². The van der Waals surface area contributed by atoms with Crippen LogP contribution in [0.25, 0.3) is 0 Å². The molecule has 0 amide bonds. The summed E-state index contributed by atoms with van der Waals surface area (Å²) in [6, 6.07) is 0. The van der Waals surface area contributed by atoms with E-state index in [4.69, 9.17) is 0 Å². The molecule has 0 aromatic carbocycles. The zero-order valence-electron chi connectivity index (χ0n) is 7.95. The third-order valence-corrected chi connectivity index (χ3v) is 0.626. The van der Waals surface area contributed by atoms with Gasteiger partial charge in [-0.3, -0.25) is 4.79 Å². The Balaban J connectivity index is 0. The second kappa shape index (κ2) is 4.78. The van der Waals surface area contributed by atoms with Gasteiger partial charge in [-0.15, -0.1) is 0 Å². The number of esters is 1. The van der Waals surface area contributed by atoms with Crippen LogP contribution in [0.5, 0.6) is 0 Å². The minimum absolute atomic E-state index is 0.199. The molecule has 0 heterocycles. The molecule has 0 aromatic rings. The molecule has 96 valence electrons. The Labute approximate surface area is 84.7 Å². The van der Waals surface area contributed by atoms with Crippen molar-refractivity contribution in [2.75, 3.05) is 20.2 Å². The first-order valence-electron chi connectivity index (χ1n) is 3.63. The van der Waals surface area contributed by atoms with Gasteiger partial charge in [-0.25, -0.2) is 0 Å². The van der Waals surface area contributed by atoms with E-state index in [2.05, 4.69) is 10.1 Å².